The lowest BCUT2D eigenvalue weighted by Gasteiger charge is -2.32. The van der Waals surface area contributed by atoms with E-state index < -0.39 is 0 Å². The predicted octanol–water partition coefficient (Wildman–Crippen LogP) is 2.60. The van der Waals surface area contributed by atoms with Crippen molar-refractivity contribution >= 4 is 17.4 Å². The molecule has 2 aromatic rings. The molecule has 1 aromatic heterocycles. The molecule has 0 atom stereocenters. The average Bonchev–Trinajstić information content (AvgIpc) is 2.71. The fourth-order valence-electron chi connectivity index (χ4n) is 2.88. The molecular weight excluding hydrogens is 362 g/mol. The van der Waals surface area contributed by atoms with Gasteiger partial charge in [0.25, 0.3) is 5.69 Å². The number of hydrogen-bond acceptors (Lipinski definition) is 7. The summed E-state index contributed by atoms with van der Waals surface area (Å²) in [5, 5.41) is 12.1. The lowest BCUT2D eigenvalue weighted by Crippen LogP contribution is -2.43. The molecule has 1 saturated heterocycles. The Hall–Kier alpha value is -2.00. The molecule has 1 aliphatic heterocycles. The van der Waals surface area contributed by atoms with Crippen LogP contribution in [-0.2, 0) is 12.3 Å². The third-order valence-electron chi connectivity index (χ3n) is 4.39. The van der Waals surface area contributed by atoms with Crippen LogP contribution in [0.2, 0.25) is 0 Å². The van der Waals surface area contributed by atoms with Gasteiger partial charge in [-0.15, -0.1) is 11.8 Å². The molecule has 0 spiro atoms. The summed E-state index contributed by atoms with van der Waals surface area (Å²) < 4.78 is 0. The van der Waals surface area contributed by atoms with Crippen LogP contribution in [0.3, 0.4) is 0 Å². The average molecular weight is 390 g/mol. The Labute approximate surface area is 164 Å². The number of benzene rings is 1. The van der Waals surface area contributed by atoms with Gasteiger partial charge in [-0.3, -0.25) is 15.0 Å². The van der Waals surface area contributed by atoms with Gasteiger partial charge in [0.2, 0.25) is 0 Å². The Kier molecular flexibility index (Phi) is 8.66. The number of piperazine rings is 1. The van der Waals surface area contributed by atoms with Crippen molar-refractivity contribution in [1.29, 1.82) is 0 Å². The number of pyridine rings is 1. The largest absolute Gasteiger partial charge is 0.333 e. The monoisotopic (exact) mass is 389 g/mol. The molecule has 3 rings (SSSR count). The highest BCUT2D eigenvalue weighted by Gasteiger charge is 2.17. The van der Waals surface area contributed by atoms with Gasteiger partial charge in [0, 0.05) is 56.3 Å². The number of likely N-dealkylation sites (N-methyl/N-ethyl adjacent to an activating group) is 1. The number of nitro groups is 1. The Morgan fingerprint density at radius 1 is 1.11 bits per heavy atom. The summed E-state index contributed by atoms with van der Waals surface area (Å²) in [6.07, 6.45) is 1.79. The quantitative estimate of drug-likeness (QED) is 0.461. The summed E-state index contributed by atoms with van der Waals surface area (Å²) in [6, 6.07) is 11.0. The molecule has 27 heavy (non-hydrogen) atoms. The van der Waals surface area contributed by atoms with Gasteiger partial charge in [-0.25, -0.2) is 4.98 Å². The molecule has 146 valence electrons. The van der Waals surface area contributed by atoms with E-state index in [-0.39, 0.29) is 10.6 Å². The van der Waals surface area contributed by atoms with Crippen LogP contribution in [0, 0.1) is 10.1 Å². The lowest BCUT2D eigenvalue weighted by molar-refractivity contribution is -0.385. The van der Waals surface area contributed by atoms with Crippen molar-refractivity contribution in [3.05, 3.63) is 63.8 Å². The maximum Gasteiger partial charge on any atom is 0.273 e. The van der Waals surface area contributed by atoms with Gasteiger partial charge in [0.15, 0.2) is 0 Å². The topological polar surface area (TPSA) is 88.5 Å². The van der Waals surface area contributed by atoms with Crippen LogP contribution in [0.1, 0.15) is 11.1 Å². The maximum atomic E-state index is 11.2. The van der Waals surface area contributed by atoms with Gasteiger partial charge in [0.1, 0.15) is 5.03 Å². The van der Waals surface area contributed by atoms with Crippen LogP contribution in [0.5, 0.6) is 0 Å². The van der Waals surface area contributed by atoms with Gasteiger partial charge < -0.3 is 10.6 Å². The summed E-state index contributed by atoms with van der Waals surface area (Å²) in [7, 11) is 3.65. The van der Waals surface area contributed by atoms with E-state index >= 15 is 0 Å². The number of nitrogens with two attached hydrogens (primary N) is 1. The number of nitrogens with zero attached hydrogens (tertiary/aromatic N) is 4. The lowest BCUT2D eigenvalue weighted by atomic mass is 10.2. The predicted molar refractivity (Wildman–Crippen MR) is 110 cm³/mol. The second-order valence-corrected chi connectivity index (χ2v) is 7.19. The third-order valence-corrected chi connectivity index (χ3v) is 5.49. The molecule has 7 nitrogen and oxygen atoms in total. The van der Waals surface area contributed by atoms with E-state index in [2.05, 4.69) is 33.6 Å². The second kappa shape index (κ2) is 11.0. The van der Waals surface area contributed by atoms with E-state index in [1.807, 2.05) is 18.2 Å². The first-order chi connectivity index (χ1) is 13.1. The fraction of sp³-hybridized carbons (Fsp3) is 0.421. The molecular formula is C19H27N5O2S. The normalized spacial score (nSPS) is 15.1. The highest BCUT2D eigenvalue weighted by molar-refractivity contribution is 7.98. The van der Waals surface area contributed by atoms with Crippen LogP contribution in [0.25, 0.3) is 0 Å². The molecule has 2 heterocycles. The Morgan fingerprint density at radius 3 is 2.48 bits per heavy atom. The molecule has 0 aliphatic carbocycles. The molecule has 8 heteroatoms. The minimum atomic E-state index is -0.320. The first-order valence-corrected chi connectivity index (χ1v) is 9.89. The summed E-state index contributed by atoms with van der Waals surface area (Å²) in [5.74, 6) is 0.546. The van der Waals surface area contributed by atoms with E-state index in [1.165, 1.54) is 12.6 Å². The van der Waals surface area contributed by atoms with Crippen molar-refractivity contribution in [2.24, 2.45) is 5.73 Å². The maximum absolute atomic E-state index is 11.2. The third kappa shape index (κ3) is 6.28. The highest BCUT2D eigenvalue weighted by atomic mass is 32.2. The van der Waals surface area contributed by atoms with Crippen LogP contribution in [0.15, 0.2) is 47.6 Å². The van der Waals surface area contributed by atoms with Crippen molar-refractivity contribution < 1.29 is 4.92 Å². The van der Waals surface area contributed by atoms with Crippen LogP contribution < -0.4 is 5.73 Å². The Balaban J connectivity index is 0.00000126. The summed E-state index contributed by atoms with van der Waals surface area (Å²) >= 11 is 1.57. The van der Waals surface area contributed by atoms with Gasteiger partial charge in [-0.2, -0.15) is 0 Å². The van der Waals surface area contributed by atoms with Crippen molar-refractivity contribution in [2.45, 2.75) is 17.3 Å². The van der Waals surface area contributed by atoms with Gasteiger partial charge in [-0.1, -0.05) is 24.3 Å². The molecule has 2 N–H and O–H groups in total. The first-order valence-electron chi connectivity index (χ1n) is 8.91. The van der Waals surface area contributed by atoms with Crippen molar-refractivity contribution in [3.63, 3.8) is 0 Å². The number of aromatic nitrogens is 1. The van der Waals surface area contributed by atoms with Crippen molar-refractivity contribution in [2.75, 3.05) is 40.3 Å². The van der Waals surface area contributed by atoms with Crippen molar-refractivity contribution in [3.8, 4) is 0 Å². The molecule has 0 unspecified atom stereocenters. The SMILES string of the molecule is CN.CN1CCN(Cc2cccnc2SCc2ccccc2[N+](=O)[O-])CC1. The fourth-order valence-corrected chi connectivity index (χ4v) is 3.87. The van der Waals surface area contributed by atoms with E-state index in [0.717, 1.165) is 43.3 Å². The highest BCUT2D eigenvalue weighted by Crippen LogP contribution is 2.29. The summed E-state index contributed by atoms with van der Waals surface area (Å²) in [5.41, 5.74) is 6.59. The Bertz CT molecular complexity index is 736. The number of nitro benzene ring substituents is 1. The van der Waals surface area contributed by atoms with E-state index in [0.29, 0.717) is 5.75 Å². The van der Waals surface area contributed by atoms with Crippen LogP contribution in [0.4, 0.5) is 5.69 Å². The number of hydrogen-bond donors (Lipinski definition) is 1. The molecule has 1 aliphatic rings. The van der Waals surface area contributed by atoms with Gasteiger partial charge >= 0.3 is 0 Å². The number of thioether (sulfide) groups is 1. The minimum Gasteiger partial charge on any atom is -0.333 e. The molecule has 1 fully saturated rings. The molecule has 0 bridgehead atoms. The number of rotatable bonds is 6. The van der Waals surface area contributed by atoms with Crippen LogP contribution >= 0.6 is 11.8 Å². The van der Waals surface area contributed by atoms with Crippen LogP contribution in [-0.4, -0.2) is 60.0 Å². The smallest absolute Gasteiger partial charge is 0.273 e. The minimum absolute atomic E-state index is 0.173. The first kappa shape index (κ1) is 21.3. The zero-order chi connectivity index (χ0) is 19.6. The van der Waals surface area contributed by atoms with E-state index in [1.54, 1.807) is 30.1 Å². The zero-order valence-corrected chi connectivity index (χ0v) is 16.7. The summed E-state index contributed by atoms with van der Waals surface area (Å²) in [4.78, 5) is 20.1. The van der Waals surface area contributed by atoms with Gasteiger partial charge in [0.05, 0.1) is 4.92 Å². The standard InChI is InChI=1S/C18H22N4O2S.CH5N/c1-20-9-11-21(12-10-20)13-15-6-4-8-19-18(15)25-14-16-5-2-3-7-17(16)22(23)24;1-2/h2-8H,9-14H2,1H3;2H2,1H3. The molecule has 0 saturated carbocycles. The molecule has 0 amide bonds. The zero-order valence-electron chi connectivity index (χ0n) is 15.9. The van der Waals surface area contributed by atoms with E-state index in [4.69, 9.17) is 0 Å². The van der Waals surface area contributed by atoms with E-state index in [9.17, 15) is 10.1 Å². The van der Waals surface area contributed by atoms with Crippen molar-refractivity contribution in [1.82, 2.24) is 14.8 Å². The molecule has 0 radical (unpaired) electrons. The molecule has 1 aromatic carbocycles. The Morgan fingerprint density at radius 2 is 1.78 bits per heavy atom. The second-order valence-electron chi connectivity index (χ2n) is 6.22. The summed E-state index contributed by atoms with van der Waals surface area (Å²) in [6.45, 7) is 5.15. The number of para-hydroxylation sites is 1. The van der Waals surface area contributed by atoms with Gasteiger partial charge in [-0.05, 0) is 25.7 Å².